The summed E-state index contributed by atoms with van der Waals surface area (Å²) in [5.74, 6) is 0. The van der Waals surface area contributed by atoms with Gasteiger partial charge in [0.05, 0.1) is 12.6 Å². The van der Waals surface area contributed by atoms with Gasteiger partial charge in [-0.1, -0.05) is 0 Å². The van der Waals surface area contributed by atoms with Crippen LogP contribution >= 0.6 is 0 Å². The fourth-order valence-corrected chi connectivity index (χ4v) is 1.51. The van der Waals surface area contributed by atoms with Gasteiger partial charge in [0.15, 0.2) is 0 Å². The number of alkyl halides is 3. The van der Waals surface area contributed by atoms with E-state index < -0.39 is 36.6 Å². The molecule has 0 bridgehead atoms. The number of aliphatic hydroxyl groups is 3. The molecule has 0 aromatic rings. The van der Waals surface area contributed by atoms with Crippen molar-refractivity contribution in [2.24, 2.45) is 0 Å². The smallest absolute Gasteiger partial charge is 0.394 e. The van der Waals surface area contributed by atoms with Crippen LogP contribution in [-0.2, 0) is 4.74 Å². The topological polar surface area (TPSA) is 69.9 Å². The lowest BCUT2D eigenvalue weighted by atomic mass is 9.80. The summed E-state index contributed by atoms with van der Waals surface area (Å²) in [6.45, 7) is -0.774. The molecule has 82 valence electrons. The lowest BCUT2D eigenvalue weighted by Crippen LogP contribution is -2.59. The third kappa shape index (κ3) is 1.42. The summed E-state index contributed by atoms with van der Waals surface area (Å²) in [4.78, 5) is 0. The zero-order valence-electron chi connectivity index (χ0n) is 7.32. The van der Waals surface area contributed by atoms with E-state index in [2.05, 4.69) is 4.74 Å². The quantitative estimate of drug-likeness (QED) is 0.441. The molecule has 4 nitrogen and oxygen atoms in total. The predicted molar refractivity (Wildman–Crippen MR) is 41.3 cm³/mol. The second-order valence-corrected chi connectivity index (χ2v) is 3.27. The first kappa shape index (κ1) is 11.8. The number of halogens is 3. The molecule has 0 spiro atoms. The van der Waals surface area contributed by atoms with Crippen LogP contribution < -0.4 is 0 Å². The van der Waals surface area contributed by atoms with Crippen molar-refractivity contribution >= 4 is 7.85 Å². The average molecular weight is 214 g/mol. The number of hydrogen-bond acceptors (Lipinski definition) is 4. The zero-order chi connectivity index (χ0) is 11.1. The van der Waals surface area contributed by atoms with E-state index in [-0.39, 0.29) is 0 Å². The van der Waals surface area contributed by atoms with Crippen molar-refractivity contribution in [2.75, 3.05) is 6.61 Å². The van der Waals surface area contributed by atoms with E-state index in [1.54, 1.807) is 0 Å². The Morgan fingerprint density at radius 1 is 1.43 bits per heavy atom. The normalized spacial score (nSPS) is 44.3. The lowest BCUT2D eigenvalue weighted by molar-refractivity contribution is -0.284. The Balaban J connectivity index is 2.99. The molecule has 1 saturated heterocycles. The van der Waals surface area contributed by atoms with Crippen LogP contribution in [0.1, 0.15) is 0 Å². The molecule has 1 aliphatic heterocycles. The maximum absolute atomic E-state index is 12.4. The molecule has 1 heterocycles. The molecule has 1 rings (SSSR count). The second kappa shape index (κ2) is 3.37. The van der Waals surface area contributed by atoms with Crippen LogP contribution in [-0.4, -0.2) is 59.8 Å². The summed E-state index contributed by atoms with van der Waals surface area (Å²) in [5, 5.41) is 27.0. The summed E-state index contributed by atoms with van der Waals surface area (Å²) in [6, 6.07) is -1.60. The van der Waals surface area contributed by atoms with Crippen molar-refractivity contribution in [1.82, 2.24) is 0 Å². The van der Waals surface area contributed by atoms with E-state index in [9.17, 15) is 18.3 Å². The van der Waals surface area contributed by atoms with Crippen LogP contribution in [0.4, 0.5) is 13.2 Å². The van der Waals surface area contributed by atoms with E-state index in [1.165, 1.54) is 0 Å². The first-order valence-electron chi connectivity index (χ1n) is 3.98. The van der Waals surface area contributed by atoms with Crippen LogP contribution in [0.3, 0.4) is 0 Å². The van der Waals surface area contributed by atoms with Gasteiger partial charge in [-0.05, 0) is 0 Å². The lowest BCUT2D eigenvalue weighted by Gasteiger charge is -2.31. The van der Waals surface area contributed by atoms with Gasteiger partial charge in [-0.15, -0.1) is 0 Å². The van der Waals surface area contributed by atoms with Crippen molar-refractivity contribution in [1.29, 1.82) is 0 Å². The molecule has 0 aliphatic carbocycles. The van der Waals surface area contributed by atoms with Crippen LogP contribution in [0.15, 0.2) is 0 Å². The number of rotatable bonds is 1. The SMILES string of the molecule is BC1O[C@H](CO)[C@@H](O)[C@]1(O)C(F)(F)F. The van der Waals surface area contributed by atoms with E-state index in [0.717, 1.165) is 7.85 Å². The third-order valence-corrected chi connectivity index (χ3v) is 2.44. The zero-order valence-corrected chi connectivity index (χ0v) is 7.32. The summed E-state index contributed by atoms with van der Waals surface area (Å²) < 4.78 is 41.7. The molecule has 0 radical (unpaired) electrons. The Hall–Kier alpha value is -0.305. The fraction of sp³-hybridized carbons (Fsp3) is 1.00. The molecule has 0 amide bonds. The Morgan fingerprint density at radius 2 is 1.93 bits per heavy atom. The minimum atomic E-state index is -4.99. The Labute approximate surface area is 78.7 Å². The van der Waals surface area contributed by atoms with Crippen LogP contribution in [0, 0.1) is 0 Å². The molecule has 1 fully saturated rings. The molecule has 14 heavy (non-hydrogen) atoms. The van der Waals surface area contributed by atoms with Gasteiger partial charge in [0.25, 0.3) is 0 Å². The highest BCUT2D eigenvalue weighted by Gasteiger charge is 2.67. The van der Waals surface area contributed by atoms with E-state index in [0.29, 0.717) is 0 Å². The molecular formula is C6H10BF3O4. The van der Waals surface area contributed by atoms with E-state index in [4.69, 9.17) is 10.2 Å². The monoisotopic (exact) mass is 214 g/mol. The largest absolute Gasteiger partial charge is 0.421 e. The van der Waals surface area contributed by atoms with Gasteiger partial charge in [-0.2, -0.15) is 13.2 Å². The van der Waals surface area contributed by atoms with Crippen LogP contribution in [0.2, 0.25) is 0 Å². The highest BCUT2D eigenvalue weighted by Crippen LogP contribution is 2.42. The summed E-state index contributed by atoms with van der Waals surface area (Å²) in [5.41, 5.74) is -3.31. The van der Waals surface area contributed by atoms with Gasteiger partial charge in [0.2, 0.25) is 5.60 Å². The molecule has 0 aromatic heterocycles. The van der Waals surface area contributed by atoms with Gasteiger partial charge in [-0.25, -0.2) is 0 Å². The Bertz CT molecular complexity index is 224. The van der Waals surface area contributed by atoms with Gasteiger partial charge >= 0.3 is 6.18 Å². The predicted octanol–water partition coefficient (Wildman–Crippen LogP) is -2.01. The molecule has 1 aliphatic rings. The van der Waals surface area contributed by atoms with Gasteiger partial charge in [0, 0.05) is 0 Å². The van der Waals surface area contributed by atoms with Crippen molar-refractivity contribution in [3.05, 3.63) is 0 Å². The van der Waals surface area contributed by atoms with Gasteiger partial charge in [-0.3, -0.25) is 0 Å². The van der Waals surface area contributed by atoms with Crippen LogP contribution in [0.25, 0.3) is 0 Å². The number of ether oxygens (including phenoxy) is 1. The molecule has 0 saturated carbocycles. The van der Waals surface area contributed by atoms with Crippen molar-refractivity contribution in [2.45, 2.75) is 30.0 Å². The van der Waals surface area contributed by atoms with Crippen LogP contribution in [0.5, 0.6) is 0 Å². The van der Waals surface area contributed by atoms with E-state index in [1.807, 2.05) is 0 Å². The third-order valence-electron chi connectivity index (χ3n) is 2.44. The molecular weight excluding hydrogens is 204 g/mol. The summed E-state index contributed by atoms with van der Waals surface area (Å²) in [6.07, 6.45) is -8.56. The standard InChI is InChI=1S/C6H10BF3O4/c7-4-5(13,6(8,9)10)3(12)2(1-11)14-4/h2-4,11-13H,1,7H2/t2-,3-,4?,5-/m1/s1. The first-order valence-corrected chi connectivity index (χ1v) is 3.98. The summed E-state index contributed by atoms with van der Waals surface area (Å²) >= 11 is 0. The van der Waals surface area contributed by atoms with Crippen molar-refractivity contribution in [3.63, 3.8) is 0 Å². The number of aliphatic hydroxyl groups excluding tert-OH is 2. The highest BCUT2D eigenvalue weighted by molar-refractivity contribution is 6.12. The van der Waals surface area contributed by atoms with Crippen molar-refractivity contribution in [3.8, 4) is 0 Å². The number of hydrogen-bond donors (Lipinski definition) is 3. The average Bonchev–Trinajstić information content (AvgIpc) is 2.29. The molecule has 8 heteroatoms. The fourth-order valence-electron chi connectivity index (χ4n) is 1.51. The Kier molecular flexibility index (Phi) is 2.83. The Morgan fingerprint density at radius 3 is 2.14 bits per heavy atom. The highest BCUT2D eigenvalue weighted by atomic mass is 19.4. The minimum absolute atomic E-state index is 0.774. The maximum Gasteiger partial charge on any atom is 0.421 e. The molecule has 4 atom stereocenters. The molecule has 0 aromatic carbocycles. The molecule has 1 unspecified atom stereocenters. The van der Waals surface area contributed by atoms with Gasteiger partial charge < -0.3 is 20.1 Å². The maximum atomic E-state index is 12.4. The minimum Gasteiger partial charge on any atom is -0.394 e. The molecule has 3 N–H and O–H groups in total. The first-order chi connectivity index (χ1) is 6.25. The van der Waals surface area contributed by atoms with E-state index >= 15 is 0 Å². The van der Waals surface area contributed by atoms with Crippen molar-refractivity contribution < 1.29 is 33.2 Å². The summed E-state index contributed by atoms with van der Waals surface area (Å²) in [7, 11) is 0.992. The second-order valence-electron chi connectivity index (χ2n) is 3.27. The van der Waals surface area contributed by atoms with Gasteiger partial charge in [0.1, 0.15) is 20.1 Å².